The molecule has 0 N–H and O–H groups in total. The third-order valence-corrected chi connectivity index (χ3v) is 22.2. The number of ether oxygens (including phenoxy) is 8. The Morgan fingerprint density at radius 2 is 0.373 bits per heavy atom. The van der Waals surface area contributed by atoms with Gasteiger partial charge in [0.1, 0.15) is 46.0 Å². The third-order valence-electron chi connectivity index (χ3n) is 22.2. The Hall–Kier alpha value is -4.72. The van der Waals surface area contributed by atoms with E-state index in [1.807, 2.05) is 68.6 Å². The smallest absolute Gasteiger partial charge is 0.126 e. The molecule has 8 heteroatoms. The van der Waals surface area contributed by atoms with E-state index in [2.05, 4.69) is 0 Å². The molecule has 402 valence electrons. The highest BCUT2D eigenvalue weighted by molar-refractivity contribution is 5.70. The van der Waals surface area contributed by atoms with Crippen LogP contribution in [-0.4, -0.2) is 56.9 Å². The van der Waals surface area contributed by atoms with Crippen LogP contribution in [0.15, 0.2) is 12.1 Å². The molecule has 12 bridgehead atoms. The van der Waals surface area contributed by atoms with Crippen LogP contribution in [0.2, 0.25) is 0 Å². The SMILES string of the molecule is COc1c2c(c(OC)c3c1C1CCC3C1)C1CCC2C1.COc1c2c(c(OC)c3c1C1CCC3C1)C1CCC2CC1.COc1c2c(c(OC)c3c1C1CCC3CC1)C1CCC2CC1.COc1cc(C)c(OC)cc1C. The van der Waals surface area contributed by atoms with Crippen molar-refractivity contribution in [3.05, 3.63) is 90.0 Å². The van der Waals surface area contributed by atoms with E-state index in [0.717, 1.165) is 93.6 Å². The first-order chi connectivity index (χ1) is 36.7. The molecule has 15 aliphatic carbocycles. The first-order valence-corrected chi connectivity index (χ1v) is 29.8. The summed E-state index contributed by atoms with van der Waals surface area (Å²) in [5.74, 6) is 18.2. The maximum Gasteiger partial charge on any atom is 0.126 e. The molecule has 0 heterocycles. The fourth-order valence-electron chi connectivity index (χ4n) is 19.3. The molecule has 0 saturated heterocycles. The van der Waals surface area contributed by atoms with E-state index < -0.39 is 0 Å². The summed E-state index contributed by atoms with van der Waals surface area (Å²) in [4.78, 5) is 0. The normalized spacial score (nSPS) is 30.7. The molecule has 6 fully saturated rings. The summed E-state index contributed by atoms with van der Waals surface area (Å²) >= 11 is 0. The van der Waals surface area contributed by atoms with Crippen molar-refractivity contribution in [3.63, 3.8) is 0 Å². The van der Waals surface area contributed by atoms with Gasteiger partial charge in [-0.3, -0.25) is 0 Å². The van der Waals surface area contributed by atoms with E-state index in [-0.39, 0.29) is 0 Å². The highest BCUT2D eigenvalue weighted by Crippen LogP contribution is 2.69. The van der Waals surface area contributed by atoms with Crippen molar-refractivity contribution < 1.29 is 37.9 Å². The Balaban J connectivity index is 0.0000000982. The second kappa shape index (κ2) is 19.6. The quantitative estimate of drug-likeness (QED) is 0.173. The van der Waals surface area contributed by atoms with Gasteiger partial charge in [0.25, 0.3) is 0 Å². The molecule has 4 aromatic rings. The molecule has 0 aromatic heterocycles. The number of hydrogen-bond acceptors (Lipinski definition) is 8. The summed E-state index contributed by atoms with van der Waals surface area (Å²) in [7, 11) is 14.7. The van der Waals surface area contributed by atoms with Gasteiger partial charge in [0.2, 0.25) is 0 Å². The molecule has 4 aromatic carbocycles. The van der Waals surface area contributed by atoms with Crippen LogP contribution >= 0.6 is 0 Å². The van der Waals surface area contributed by atoms with Crippen LogP contribution < -0.4 is 37.9 Å². The lowest BCUT2D eigenvalue weighted by molar-refractivity contribution is 0.287. The van der Waals surface area contributed by atoms with Crippen molar-refractivity contribution in [1.29, 1.82) is 0 Å². The molecule has 15 aliphatic rings. The summed E-state index contributed by atoms with van der Waals surface area (Å²) in [5.41, 5.74) is 20.7. The topological polar surface area (TPSA) is 73.8 Å². The molecule has 0 aliphatic heterocycles. The summed E-state index contributed by atoms with van der Waals surface area (Å²) in [6.07, 6.45) is 28.3. The molecular formula is C67H86O8. The van der Waals surface area contributed by atoms with E-state index in [9.17, 15) is 0 Å². The summed E-state index contributed by atoms with van der Waals surface area (Å²) < 4.78 is 46.4. The van der Waals surface area contributed by atoms with E-state index in [1.54, 1.807) is 47.6 Å². The second-order valence-corrected chi connectivity index (χ2v) is 25.2. The number of fused-ring (bicyclic) bond motifs is 21. The lowest BCUT2D eigenvalue weighted by Crippen LogP contribution is -2.29. The van der Waals surface area contributed by atoms with Crippen molar-refractivity contribution in [2.75, 3.05) is 56.9 Å². The van der Waals surface area contributed by atoms with Gasteiger partial charge in [0.05, 0.1) is 56.9 Å². The maximum absolute atomic E-state index is 6.06. The number of methoxy groups -OCH3 is 8. The molecule has 6 atom stereocenters. The van der Waals surface area contributed by atoms with E-state index >= 15 is 0 Å². The van der Waals surface area contributed by atoms with Crippen LogP contribution in [0.4, 0.5) is 0 Å². The monoisotopic (exact) mass is 1020 g/mol. The largest absolute Gasteiger partial charge is 0.496 e. The lowest BCUT2D eigenvalue weighted by atomic mass is 9.60. The first kappa shape index (κ1) is 49.8. The predicted molar refractivity (Wildman–Crippen MR) is 298 cm³/mol. The molecule has 6 saturated carbocycles. The first-order valence-electron chi connectivity index (χ1n) is 29.8. The standard InChI is InChI=1S/C20H26O2.C19H24O2.C18H22O2.C10H14O2/c1-21-19-15-11-3-7-13(8-4-11)17(15)20(22-2)18-14-9-5-12(6-10-14)16(18)19;1-20-18-14-10-3-5-11(6-4-10)15(14)19(21-2)17-13-8-7-12(9-13)16(17)18;1-19-17-13-9-3-5-11(7-9)15(13)18(20-2)16-12-6-4-10(8-12)14(16)17;1-7-5-10(12-4)8(2)6-9(7)11-3/h11-14H,3-10H2,1-2H3;10-13H,3-9H2,1-2H3;9-12H,3-8H2,1-2H3;5-6H,1-4H3. The number of aryl methyl sites for hydroxylation is 2. The van der Waals surface area contributed by atoms with Crippen LogP contribution in [0.1, 0.15) is 284 Å². The van der Waals surface area contributed by atoms with Gasteiger partial charge < -0.3 is 37.9 Å². The predicted octanol–water partition coefficient (Wildman–Crippen LogP) is 16.8. The van der Waals surface area contributed by atoms with Crippen LogP contribution in [0, 0.1) is 13.8 Å². The van der Waals surface area contributed by atoms with Crippen molar-refractivity contribution >= 4 is 0 Å². The van der Waals surface area contributed by atoms with E-state index in [1.165, 1.54) is 203 Å². The van der Waals surface area contributed by atoms with Gasteiger partial charge in [-0.2, -0.15) is 0 Å². The second-order valence-electron chi connectivity index (χ2n) is 25.2. The minimum atomic E-state index is 0.717. The fourth-order valence-corrected chi connectivity index (χ4v) is 19.3. The highest BCUT2D eigenvalue weighted by Gasteiger charge is 2.51. The summed E-state index contributed by atoms with van der Waals surface area (Å²) in [5, 5.41) is 0. The molecule has 6 unspecified atom stereocenters. The van der Waals surface area contributed by atoms with Crippen LogP contribution in [-0.2, 0) is 0 Å². The molecular weight excluding hydrogens is 933 g/mol. The zero-order chi connectivity index (χ0) is 51.6. The van der Waals surface area contributed by atoms with Gasteiger partial charge in [0, 0.05) is 66.8 Å². The van der Waals surface area contributed by atoms with Gasteiger partial charge in [-0.15, -0.1) is 0 Å². The molecule has 0 spiro atoms. The fraction of sp³-hybridized carbons (Fsp3) is 0.642. The van der Waals surface area contributed by atoms with E-state index in [0.29, 0.717) is 0 Å². The summed E-state index contributed by atoms with van der Waals surface area (Å²) in [6.45, 7) is 4.00. The Kier molecular flexibility index (Phi) is 13.0. The molecule has 0 amide bonds. The lowest BCUT2D eigenvalue weighted by Gasteiger charge is -2.46. The van der Waals surface area contributed by atoms with Crippen LogP contribution in [0.5, 0.6) is 46.0 Å². The van der Waals surface area contributed by atoms with Crippen molar-refractivity contribution in [2.45, 2.75) is 220 Å². The Bertz CT molecular complexity index is 2590. The van der Waals surface area contributed by atoms with Gasteiger partial charge in [-0.1, -0.05) is 0 Å². The van der Waals surface area contributed by atoms with Gasteiger partial charge in [-0.05, 0) is 243 Å². The Morgan fingerprint density at radius 3 is 0.520 bits per heavy atom. The molecule has 19 rings (SSSR count). The molecule has 8 nitrogen and oxygen atoms in total. The van der Waals surface area contributed by atoms with Crippen LogP contribution in [0.3, 0.4) is 0 Å². The van der Waals surface area contributed by atoms with Crippen LogP contribution in [0.25, 0.3) is 0 Å². The Morgan fingerprint density at radius 1 is 0.227 bits per heavy atom. The minimum absolute atomic E-state index is 0.717. The Labute approximate surface area is 448 Å². The highest BCUT2D eigenvalue weighted by atomic mass is 16.5. The third kappa shape index (κ3) is 7.51. The number of rotatable bonds is 8. The number of hydrogen-bond donors (Lipinski definition) is 0. The van der Waals surface area contributed by atoms with Crippen molar-refractivity contribution in [1.82, 2.24) is 0 Å². The number of benzene rings is 4. The van der Waals surface area contributed by atoms with Gasteiger partial charge in [0.15, 0.2) is 0 Å². The molecule has 75 heavy (non-hydrogen) atoms. The zero-order valence-electron chi connectivity index (χ0n) is 47.2. The minimum Gasteiger partial charge on any atom is -0.496 e. The maximum atomic E-state index is 6.06. The summed E-state index contributed by atoms with van der Waals surface area (Å²) in [6, 6.07) is 3.96. The van der Waals surface area contributed by atoms with Gasteiger partial charge >= 0.3 is 0 Å². The van der Waals surface area contributed by atoms with Crippen molar-refractivity contribution in [2.24, 2.45) is 0 Å². The molecule has 0 radical (unpaired) electrons. The average molecular weight is 1020 g/mol. The van der Waals surface area contributed by atoms with Gasteiger partial charge in [-0.25, -0.2) is 0 Å². The van der Waals surface area contributed by atoms with E-state index in [4.69, 9.17) is 37.9 Å². The average Bonchev–Trinajstić information content (AvgIpc) is 4.51. The zero-order valence-corrected chi connectivity index (χ0v) is 47.2. The van der Waals surface area contributed by atoms with Crippen molar-refractivity contribution in [3.8, 4) is 46.0 Å².